The van der Waals surface area contributed by atoms with Gasteiger partial charge in [-0.15, -0.1) is 0 Å². The fourth-order valence-electron chi connectivity index (χ4n) is 2.26. The molecular formula is C14H20N2O3S. The largest absolute Gasteiger partial charge is 0.495 e. The molecule has 1 fully saturated rings. The highest BCUT2D eigenvalue weighted by Gasteiger charge is 2.19. The lowest BCUT2D eigenvalue weighted by molar-refractivity contribution is -0.114. The van der Waals surface area contributed by atoms with Crippen LogP contribution >= 0.6 is 0 Å². The van der Waals surface area contributed by atoms with E-state index < -0.39 is 10.8 Å². The van der Waals surface area contributed by atoms with Crippen molar-refractivity contribution in [1.29, 1.82) is 0 Å². The highest BCUT2D eigenvalue weighted by molar-refractivity contribution is 7.85. The molecule has 0 saturated carbocycles. The molecule has 1 saturated heterocycles. The minimum Gasteiger partial charge on any atom is -0.495 e. The molecule has 0 spiro atoms. The lowest BCUT2D eigenvalue weighted by atomic mass is 10.1. The predicted molar refractivity (Wildman–Crippen MR) is 81.8 cm³/mol. The third-order valence-corrected chi connectivity index (χ3v) is 4.65. The topological polar surface area (TPSA) is 67.4 Å². The van der Waals surface area contributed by atoms with Crippen molar-refractivity contribution in [3.63, 3.8) is 0 Å². The van der Waals surface area contributed by atoms with Crippen LogP contribution in [0.2, 0.25) is 0 Å². The number of ether oxygens (including phenoxy) is 1. The second kappa shape index (κ2) is 6.74. The Hall–Kier alpha value is -1.56. The zero-order chi connectivity index (χ0) is 14.5. The van der Waals surface area contributed by atoms with Crippen molar-refractivity contribution in [3.05, 3.63) is 18.2 Å². The van der Waals surface area contributed by atoms with E-state index in [0.29, 0.717) is 6.04 Å². The Balaban J connectivity index is 2.11. The molecule has 1 aliphatic heterocycles. The molecular weight excluding hydrogens is 276 g/mol. The SMILES string of the molecule is COc1ccc(NC(C)=O)cc1NC1CCS(=O)CC1. The van der Waals surface area contributed by atoms with E-state index in [2.05, 4.69) is 10.6 Å². The number of anilines is 2. The minimum absolute atomic E-state index is 0.103. The number of carbonyl (C=O) groups is 1. The molecule has 6 heteroatoms. The zero-order valence-corrected chi connectivity index (χ0v) is 12.6. The number of nitrogens with one attached hydrogen (secondary N) is 2. The van der Waals surface area contributed by atoms with Crippen LogP contribution < -0.4 is 15.4 Å². The third-order valence-electron chi connectivity index (χ3n) is 3.27. The van der Waals surface area contributed by atoms with Gasteiger partial charge >= 0.3 is 0 Å². The van der Waals surface area contributed by atoms with Crippen LogP contribution in [0.1, 0.15) is 19.8 Å². The van der Waals surface area contributed by atoms with Crippen LogP contribution in [0.25, 0.3) is 0 Å². The van der Waals surface area contributed by atoms with Crippen LogP contribution in [0.15, 0.2) is 18.2 Å². The maximum Gasteiger partial charge on any atom is 0.221 e. The molecule has 0 aliphatic carbocycles. The summed E-state index contributed by atoms with van der Waals surface area (Å²) >= 11 is 0. The zero-order valence-electron chi connectivity index (χ0n) is 11.8. The van der Waals surface area contributed by atoms with Gasteiger partial charge in [0.05, 0.1) is 12.8 Å². The molecule has 0 unspecified atom stereocenters. The van der Waals surface area contributed by atoms with Crippen molar-refractivity contribution in [2.24, 2.45) is 0 Å². The van der Waals surface area contributed by atoms with Gasteiger partial charge < -0.3 is 15.4 Å². The average Bonchev–Trinajstić information content (AvgIpc) is 2.41. The van der Waals surface area contributed by atoms with E-state index in [9.17, 15) is 9.00 Å². The summed E-state index contributed by atoms with van der Waals surface area (Å²) in [4.78, 5) is 11.1. The maximum absolute atomic E-state index is 11.4. The first-order chi connectivity index (χ1) is 9.58. The van der Waals surface area contributed by atoms with Crippen molar-refractivity contribution in [2.75, 3.05) is 29.2 Å². The van der Waals surface area contributed by atoms with E-state index >= 15 is 0 Å². The number of rotatable bonds is 4. The Morgan fingerprint density at radius 1 is 1.35 bits per heavy atom. The highest BCUT2D eigenvalue weighted by Crippen LogP contribution is 2.29. The first-order valence-corrected chi connectivity index (χ1v) is 8.14. The second-order valence-electron chi connectivity index (χ2n) is 4.86. The molecule has 1 amide bonds. The van der Waals surface area contributed by atoms with Gasteiger partial charge in [-0.25, -0.2) is 0 Å². The smallest absolute Gasteiger partial charge is 0.221 e. The van der Waals surface area contributed by atoms with Crippen molar-refractivity contribution in [3.8, 4) is 5.75 Å². The Morgan fingerprint density at radius 2 is 2.05 bits per heavy atom. The summed E-state index contributed by atoms with van der Waals surface area (Å²) in [7, 11) is 0.953. The molecule has 0 bridgehead atoms. The van der Waals surface area contributed by atoms with Crippen molar-refractivity contribution >= 4 is 28.1 Å². The van der Waals surface area contributed by atoms with E-state index in [4.69, 9.17) is 4.74 Å². The van der Waals surface area contributed by atoms with E-state index in [-0.39, 0.29) is 5.91 Å². The summed E-state index contributed by atoms with van der Waals surface area (Å²) in [5.41, 5.74) is 1.59. The first-order valence-electron chi connectivity index (χ1n) is 6.65. The normalized spacial score (nSPS) is 22.1. The molecule has 20 heavy (non-hydrogen) atoms. The quantitative estimate of drug-likeness (QED) is 0.891. The van der Waals surface area contributed by atoms with Gasteiger partial charge in [0.15, 0.2) is 0 Å². The highest BCUT2D eigenvalue weighted by atomic mass is 32.2. The molecule has 1 aromatic rings. The second-order valence-corrected chi connectivity index (χ2v) is 6.56. The summed E-state index contributed by atoms with van der Waals surface area (Å²) < 4.78 is 16.7. The van der Waals surface area contributed by atoms with Crippen LogP contribution in [0.5, 0.6) is 5.75 Å². The van der Waals surface area contributed by atoms with Crippen LogP contribution in [0, 0.1) is 0 Å². The Labute approximate surface area is 121 Å². The van der Waals surface area contributed by atoms with Gasteiger partial charge in [-0.3, -0.25) is 9.00 Å². The van der Waals surface area contributed by atoms with Gasteiger partial charge in [0.25, 0.3) is 0 Å². The number of carbonyl (C=O) groups excluding carboxylic acids is 1. The van der Waals surface area contributed by atoms with Gasteiger partial charge in [0, 0.05) is 41.0 Å². The Kier molecular flexibility index (Phi) is 5.00. The molecule has 2 N–H and O–H groups in total. The lowest BCUT2D eigenvalue weighted by Crippen LogP contribution is -2.29. The summed E-state index contributed by atoms with van der Waals surface area (Å²) in [6.45, 7) is 1.48. The van der Waals surface area contributed by atoms with E-state index in [1.54, 1.807) is 13.2 Å². The Morgan fingerprint density at radius 3 is 2.65 bits per heavy atom. The molecule has 110 valence electrons. The van der Waals surface area contributed by atoms with Gasteiger partial charge in [-0.2, -0.15) is 0 Å². The van der Waals surface area contributed by atoms with E-state index in [1.165, 1.54) is 6.92 Å². The van der Waals surface area contributed by atoms with Crippen LogP contribution in [0.4, 0.5) is 11.4 Å². The van der Waals surface area contributed by atoms with Gasteiger partial charge in [-0.05, 0) is 31.0 Å². The number of hydrogen-bond acceptors (Lipinski definition) is 4. The first kappa shape index (κ1) is 14.8. The molecule has 0 aromatic heterocycles. The molecule has 1 aromatic carbocycles. The summed E-state index contributed by atoms with van der Waals surface area (Å²) in [5, 5.41) is 6.18. The third kappa shape index (κ3) is 3.96. The predicted octanol–water partition coefficient (Wildman–Crippen LogP) is 1.98. The minimum atomic E-state index is -0.666. The van der Waals surface area contributed by atoms with Gasteiger partial charge in [0.1, 0.15) is 5.75 Å². The molecule has 0 radical (unpaired) electrons. The average molecular weight is 296 g/mol. The van der Waals surface area contributed by atoms with E-state index in [0.717, 1.165) is 41.5 Å². The number of benzene rings is 1. The van der Waals surface area contributed by atoms with Crippen molar-refractivity contribution in [2.45, 2.75) is 25.8 Å². The lowest BCUT2D eigenvalue weighted by Gasteiger charge is -2.25. The van der Waals surface area contributed by atoms with Crippen molar-refractivity contribution < 1.29 is 13.7 Å². The van der Waals surface area contributed by atoms with Gasteiger partial charge in [-0.1, -0.05) is 0 Å². The van der Waals surface area contributed by atoms with Crippen molar-refractivity contribution in [1.82, 2.24) is 0 Å². The monoisotopic (exact) mass is 296 g/mol. The maximum atomic E-state index is 11.4. The summed E-state index contributed by atoms with van der Waals surface area (Å²) in [6, 6.07) is 5.80. The Bertz CT molecular complexity index is 509. The standard InChI is InChI=1S/C14H20N2O3S/c1-10(17)15-12-3-4-14(19-2)13(9-12)16-11-5-7-20(18)8-6-11/h3-4,9,11,16H,5-8H2,1-2H3,(H,15,17). The fourth-order valence-corrected chi connectivity index (χ4v) is 3.56. The molecule has 2 rings (SSSR count). The van der Waals surface area contributed by atoms with Crippen LogP contribution in [-0.2, 0) is 15.6 Å². The fraction of sp³-hybridized carbons (Fsp3) is 0.500. The summed E-state index contributed by atoms with van der Waals surface area (Å²) in [6.07, 6.45) is 1.78. The molecule has 0 atom stereocenters. The molecule has 1 aliphatic rings. The van der Waals surface area contributed by atoms with Crippen LogP contribution in [-0.4, -0.2) is 34.8 Å². The number of methoxy groups -OCH3 is 1. The summed E-state index contributed by atoms with van der Waals surface area (Å²) in [5.74, 6) is 2.12. The van der Waals surface area contributed by atoms with Crippen LogP contribution in [0.3, 0.4) is 0 Å². The molecule has 5 nitrogen and oxygen atoms in total. The number of hydrogen-bond donors (Lipinski definition) is 2. The number of amides is 1. The van der Waals surface area contributed by atoms with E-state index in [1.807, 2.05) is 12.1 Å². The molecule has 1 heterocycles. The van der Waals surface area contributed by atoms with Gasteiger partial charge in [0.2, 0.25) is 5.91 Å².